The van der Waals surface area contributed by atoms with Crippen molar-refractivity contribution in [2.45, 2.75) is 32.1 Å². The maximum Gasteiger partial charge on any atom is 0.160 e. The third kappa shape index (κ3) is 6.68. The summed E-state index contributed by atoms with van der Waals surface area (Å²) in [6.45, 7) is 6.73. The van der Waals surface area contributed by atoms with E-state index in [0.29, 0.717) is 5.82 Å². The van der Waals surface area contributed by atoms with Crippen LogP contribution in [0.5, 0.6) is 0 Å². The quantitative estimate of drug-likeness (QED) is 0.154. The summed E-state index contributed by atoms with van der Waals surface area (Å²) in [5.74, 6) is 0.711. The molecule has 1 atom stereocenters. The average Bonchev–Trinajstić information content (AvgIpc) is 3.88. The molecule has 0 fully saturated rings. The van der Waals surface area contributed by atoms with Gasteiger partial charge in [0.05, 0.1) is 28.0 Å². The normalized spacial score (nSPS) is 14.4. The Kier molecular flexibility index (Phi) is 9.32. The lowest BCUT2D eigenvalue weighted by molar-refractivity contribution is 0.576. The highest BCUT2D eigenvalue weighted by Crippen LogP contribution is 2.41. The van der Waals surface area contributed by atoms with Crippen molar-refractivity contribution in [2.75, 3.05) is 0 Å². The molecule has 1 aliphatic rings. The van der Waals surface area contributed by atoms with Crippen LogP contribution in [0, 0.1) is 0 Å². The number of pyridine rings is 1. The predicted octanol–water partition coefficient (Wildman–Crippen LogP) is 13.9. The number of unbranched alkanes of at least 4 members (excludes halogenated alkanes) is 1. The van der Waals surface area contributed by atoms with Gasteiger partial charge in [0.25, 0.3) is 0 Å². The zero-order valence-electron chi connectivity index (χ0n) is 33.8. The van der Waals surface area contributed by atoms with E-state index < -0.39 is 0 Å². The van der Waals surface area contributed by atoms with Gasteiger partial charge >= 0.3 is 0 Å². The monoisotopic (exact) mass is 803 g/mol. The van der Waals surface area contributed by atoms with Gasteiger partial charge in [0.1, 0.15) is 11.0 Å². The molecular weight excluding hydrogens is 763 g/mol. The number of allylic oxidation sites excluding steroid dienone is 4. The maximum absolute atomic E-state index is 6.65. The fourth-order valence-corrected chi connectivity index (χ4v) is 9.99. The van der Waals surface area contributed by atoms with E-state index in [2.05, 4.69) is 177 Å². The Morgan fingerprint density at radius 2 is 1.39 bits per heavy atom. The van der Waals surface area contributed by atoms with Crippen LogP contribution in [-0.4, -0.2) is 15.0 Å². The Bertz CT molecular complexity index is 3490. The van der Waals surface area contributed by atoms with Gasteiger partial charge in [-0.2, -0.15) is 0 Å². The molecule has 0 saturated carbocycles. The number of aromatic nitrogens is 3. The van der Waals surface area contributed by atoms with Crippen LogP contribution in [0.3, 0.4) is 0 Å². The molecule has 1 unspecified atom stereocenters. The van der Waals surface area contributed by atoms with Crippen molar-refractivity contribution in [3.05, 3.63) is 192 Å². The third-order valence-electron chi connectivity index (χ3n) is 11.9. The first kappa shape index (κ1) is 36.8. The van der Waals surface area contributed by atoms with Crippen LogP contribution < -0.4 is 10.6 Å². The van der Waals surface area contributed by atoms with Crippen molar-refractivity contribution in [3.8, 4) is 44.8 Å². The van der Waals surface area contributed by atoms with E-state index in [9.17, 15) is 0 Å². The van der Waals surface area contributed by atoms with E-state index >= 15 is 0 Å². The zero-order chi connectivity index (χ0) is 40.9. The summed E-state index contributed by atoms with van der Waals surface area (Å²) in [7, 11) is 0. The maximum atomic E-state index is 6.65. The highest BCUT2D eigenvalue weighted by atomic mass is 32.1. The standard InChI is InChI=1S/C56H41N3OS/c1-3-4-24-50-35(2)52-53(57-49-33-40(36-15-7-5-8-16-36)30-31-46(49)54(52)60-50)38-26-28-39(29-27-38)56-58-47(37-17-9-6-10-18-37)34-48(59-56)42-20-13-19-41(32-42)43-22-14-23-45-44-21-11-12-25-51(44)61-55(43)45/h5-26,28-34,38H,2-4,27H2,1H3/b50-24+. The smallest absolute Gasteiger partial charge is 0.160 e. The Labute approximate surface area is 358 Å². The molecule has 0 bridgehead atoms. The predicted molar refractivity (Wildman–Crippen MR) is 257 cm³/mol. The van der Waals surface area contributed by atoms with Crippen LogP contribution in [-0.2, 0) is 0 Å². The van der Waals surface area contributed by atoms with Crippen molar-refractivity contribution in [1.82, 2.24) is 15.0 Å². The van der Waals surface area contributed by atoms with E-state index in [1.807, 2.05) is 23.5 Å². The highest BCUT2D eigenvalue weighted by Gasteiger charge is 2.23. The lowest BCUT2D eigenvalue weighted by Crippen LogP contribution is -2.19. The Morgan fingerprint density at radius 3 is 2.20 bits per heavy atom. The lowest BCUT2D eigenvalue weighted by atomic mass is 9.90. The van der Waals surface area contributed by atoms with Gasteiger partial charge in [0.2, 0.25) is 0 Å². The number of hydrogen-bond acceptors (Lipinski definition) is 5. The molecule has 61 heavy (non-hydrogen) atoms. The second-order valence-electron chi connectivity index (χ2n) is 15.8. The summed E-state index contributed by atoms with van der Waals surface area (Å²) in [5.41, 5.74) is 13.1. The second-order valence-corrected chi connectivity index (χ2v) is 16.8. The van der Waals surface area contributed by atoms with Crippen molar-refractivity contribution in [1.29, 1.82) is 0 Å². The Morgan fingerprint density at radius 1 is 0.672 bits per heavy atom. The molecule has 0 radical (unpaired) electrons. The molecule has 0 amide bonds. The minimum atomic E-state index is 0.0122. The molecule has 292 valence electrons. The van der Waals surface area contributed by atoms with Gasteiger partial charge in [-0.3, -0.25) is 4.98 Å². The first-order chi connectivity index (χ1) is 30.1. The molecule has 4 nitrogen and oxygen atoms in total. The molecule has 10 aromatic rings. The van der Waals surface area contributed by atoms with Crippen molar-refractivity contribution in [3.63, 3.8) is 0 Å². The molecule has 5 heteroatoms. The fourth-order valence-electron chi connectivity index (χ4n) is 8.75. The van der Waals surface area contributed by atoms with Crippen LogP contribution in [0.15, 0.2) is 174 Å². The van der Waals surface area contributed by atoms with Crippen molar-refractivity contribution >= 4 is 71.6 Å². The molecule has 4 aromatic heterocycles. The number of hydrogen-bond donors (Lipinski definition) is 0. The molecule has 0 saturated heterocycles. The minimum Gasteiger partial charge on any atom is -0.456 e. The zero-order valence-corrected chi connectivity index (χ0v) is 34.6. The van der Waals surface area contributed by atoms with E-state index in [0.717, 1.165) is 96.7 Å². The number of nitrogens with zero attached hydrogens (tertiary/aromatic N) is 3. The number of fused-ring (bicyclic) bond motifs is 6. The van der Waals surface area contributed by atoms with Gasteiger partial charge < -0.3 is 4.42 Å². The third-order valence-corrected chi connectivity index (χ3v) is 13.1. The van der Waals surface area contributed by atoms with Gasteiger partial charge in [0.15, 0.2) is 5.82 Å². The first-order valence-corrected chi connectivity index (χ1v) is 21.9. The molecule has 11 rings (SSSR count). The van der Waals surface area contributed by atoms with Crippen molar-refractivity contribution in [2.24, 2.45) is 0 Å². The highest BCUT2D eigenvalue weighted by molar-refractivity contribution is 7.26. The van der Waals surface area contributed by atoms with Crippen LogP contribution in [0.1, 0.15) is 43.6 Å². The number of thiophene rings is 1. The molecule has 0 spiro atoms. The fraction of sp³-hybridized carbons (Fsp3) is 0.0893. The van der Waals surface area contributed by atoms with Crippen LogP contribution in [0.2, 0.25) is 0 Å². The van der Waals surface area contributed by atoms with Gasteiger partial charge in [-0.15, -0.1) is 11.3 Å². The van der Waals surface area contributed by atoms with Gasteiger partial charge in [-0.05, 0) is 71.5 Å². The summed E-state index contributed by atoms with van der Waals surface area (Å²) in [5, 5.41) is 5.50. The first-order valence-electron chi connectivity index (χ1n) is 21.0. The van der Waals surface area contributed by atoms with Crippen LogP contribution >= 0.6 is 11.3 Å². The summed E-state index contributed by atoms with van der Waals surface area (Å²) in [6.07, 6.45) is 11.6. The lowest BCUT2D eigenvalue weighted by Gasteiger charge is -2.18. The topological polar surface area (TPSA) is 51.8 Å². The van der Waals surface area contributed by atoms with E-state index in [1.54, 1.807) is 0 Å². The number of furan rings is 1. The molecule has 4 heterocycles. The number of benzene rings is 6. The Hall–Kier alpha value is -7.21. The summed E-state index contributed by atoms with van der Waals surface area (Å²) < 4.78 is 9.25. The number of rotatable bonds is 8. The van der Waals surface area contributed by atoms with E-state index in [1.165, 1.54) is 31.3 Å². The van der Waals surface area contributed by atoms with E-state index in [-0.39, 0.29) is 5.92 Å². The molecule has 0 N–H and O–H groups in total. The molecular formula is C56H41N3OS. The van der Waals surface area contributed by atoms with Crippen LogP contribution in [0.4, 0.5) is 0 Å². The van der Waals surface area contributed by atoms with Gasteiger partial charge in [-0.1, -0.05) is 159 Å². The van der Waals surface area contributed by atoms with Gasteiger partial charge in [0, 0.05) is 53.4 Å². The summed E-state index contributed by atoms with van der Waals surface area (Å²) >= 11 is 1.85. The van der Waals surface area contributed by atoms with Gasteiger partial charge in [-0.25, -0.2) is 9.97 Å². The SMILES string of the molecule is C=c1/c(=C\CCC)oc2c1c(C1C=CC(c3nc(-c4ccccc4)cc(-c4cccc(-c5cccc6c5sc5ccccc56)c4)n3)=CC1)nc1cc(-c3ccccc3)ccc12. The Balaban J connectivity index is 0.994. The van der Waals surface area contributed by atoms with Crippen molar-refractivity contribution < 1.29 is 4.42 Å². The summed E-state index contributed by atoms with van der Waals surface area (Å²) in [6, 6.07) is 53.6. The van der Waals surface area contributed by atoms with Crippen LogP contribution in [0.25, 0.3) is 105 Å². The van der Waals surface area contributed by atoms with E-state index in [4.69, 9.17) is 19.4 Å². The molecule has 6 aromatic carbocycles. The average molecular weight is 804 g/mol. The second kappa shape index (κ2) is 15.4. The summed E-state index contributed by atoms with van der Waals surface area (Å²) in [4.78, 5) is 15.9. The molecule has 1 aliphatic carbocycles. The minimum absolute atomic E-state index is 0.0122. The largest absolute Gasteiger partial charge is 0.456 e. The molecule has 0 aliphatic heterocycles.